The third kappa shape index (κ3) is 7.20. The van der Waals surface area contributed by atoms with E-state index in [4.69, 9.17) is 3.80 Å². The van der Waals surface area contributed by atoms with Gasteiger partial charge in [0, 0.05) is 18.1 Å². The number of hydrogen-bond acceptors (Lipinski definition) is 1. The first-order valence-electron chi connectivity index (χ1n) is 4.52. The average Bonchev–Trinajstić information content (AvgIpc) is 2.18. The van der Waals surface area contributed by atoms with E-state index in [1.165, 1.54) is 34.6 Å². The van der Waals surface area contributed by atoms with Crippen LogP contribution in [0.5, 0.6) is 0 Å². The van der Waals surface area contributed by atoms with E-state index in [0.717, 1.165) is 6.54 Å². The summed E-state index contributed by atoms with van der Waals surface area (Å²) in [6.45, 7) is 5.50. The quantitative estimate of drug-likeness (QED) is 0.574. The first-order valence-corrected chi connectivity index (χ1v) is 4.99. The molecular formula is C10H17AlClNO+. The van der Waals surface area contributed by atoms with E-state index in [2.05, 4.69) is 42.9 Å². The van der Waals surface area contributed by atoms with Crippen molar-refractivity contribution in [1.82, 2.24) is 0 Å². The summed E-state index contributed by atoms with van der Waals surface area (Å²) in [5.74, 6) is 0. The van der Waals surface area contributed by atoms with Crippen LogP contribution in [-0.4, -0.2) is 16.2 Å². The Balaban J connectivity index is 0. The van der Waals surface area contributed by atoms with Gasteiger partial charge in [0.25, 0.3) is 0 Å². The molecule has 0 atom stereocenters. The molecule has 77 valence electrons. The van der Waals surface area contributed by atoms with Gasteiger partial charge in [0.15, 0.2) is 12.4 Å². The summed E-state index contributed by atoms with van der Waals surface area (Å²) >= 11 is 1.17. The molecule has 0 N–H and O–H groups in total. The van der Waals surface area contributed by atoms with Crippen LogP contribution in [-0.2, 0) is 10.3 Å². The summed E-state index contributed by atoms with van der Waals surface area (Å²) in [4.78, 5) is 0. The maximum absolute atomic E-state index is 8.17. The van der Waals surface area contributed by atoms with Gasteiger partial charge in [-0.05, 0) is 13.0 Å². The molecule has 0 aliphatic heterocycles. The molecule has 0 bridgehead atoms. The van der Waals surface area contributed by atoms with Gasteiger partial charge in [0.05, 0.1) is 0 Å². The van der Waals surface area contributed by atoms with Gasteiger partial charge in [-0.3, -0.25) is 0 Å². The molecule has 14 heavy (non-hydrogen) atoms. The van der Waals surface area contributed by atoms with Gasteiger partial charge in [0.1, 0.15) is 6.54 Å². The van der Waals surface area contributed by atoms with Gasteiger partial charge in [0.2, 0.25) is 0 Å². The Morgan fingerprint density at radius 1 is 1.43 bits per heavy atom. The van der Waals surface area contributed by atoms with E-state index >= 15 is 0 Å². The second-order valence-electron chi connectivity index (χ2n) is 2.97. The molecule has 0 saturated heterocycles. The van der Waals surface area contributed by atoms with E-state index in [1.807, 2.05) is 0 Å². The van der Waals surface area contributed by atoms with E-state index in [-0.39, 0.29) is 12.4 Å². The molecule has 0 fully saturated rings. The molecule has 0 unspecified atom stereocenters. The normalized spacial score (nSPS) is 8.07. The first-order chi connectivity index (χ1) is 6.33. The third-order valence-electron chi connectivity index (χ3n) is 1.78. The van der Waals surface area contributed by atoms with E-state index in [1.54, 1.807) is 0 Å². The molecular weight excluding hydrogens is 213 g/mol. The Morgan fingerprint density at radius 2 is 2.07 bits per heavy atom. The number of aromatic nitrogens is 1. The van der Waals surface area contributed by atoms with Crippen molar-refractivity contribution in [3.05, 3.63) is 30.1 Å². The number of halogens is 1. The Hall–Kier alpha value is -0.228. The molecule has 4 heteroatoms. The molecule has 1 aromatic heterocycles. The number of unbranched alkanes of at least 4 members (excludes halogenated alkanes) is 1. The van der Waals surface area contributed by atoms with Gasteiger partial charge >= 0.3 is 20.0 Å². The molecule has 1 heterocycles. The predicted molar refractivity (Wildman–Crippen MR) is 60.0 cm³/mol. The van der Waals surface area contributed by atoms with E-state index in [0.29, 0.717) is 0 Å². The fraction of sp³-hybridized carbons (Fsp3) is 0.500. The zero-order valence-corrected chi connectivity index (χ0v) is 10.7. The minimum absolute atomic E-state index is 0. The van der Waals surface area contributed by atoms with Gasteiger partial charge in [-0.15, -0.1) is 12.4 Å². The minimum atomic E-state index is 0. The molecule has 0 spiro atoms. The van der Waals surface area contributed by atoms with Crippen LogP contribution in [0.3, 0.4) is 0 Å². The van der Waals surface area contributed by atoms with Crippen molar-refractivity contribution in [3.63, 3.8) is 0 Å². The van der Waals surface area contributed by atoms with Crippen LogP contribution in [0.15, 0.2) is 24.5 Å². The third-order valence-corrected chi connectivity index (χ3v) is 1.78. The zero-order valence-electron chi connectivity index (χ0n) is 8.77. The number of nitrogens with zero attached hydrogens (tertiary/aromatic N) is 1. The molecule has 1 rings (SSSR count). The van der Waals surface area contributed by atoms with Crippen molar-refractivity contribution < 1.29 is 8.37 Å². The molecule has 0 amide bonds. The molecule has 1 radical (unpaired) electrons. The number of pyridine rings is 1. The van der Waals surface area contributed by atoms with Crippen LogP contribution in [0, 0.1) is 6.92 Å². The standard InChI is InChI=1S/C10H16N.Al.ClH.O/c1-3-4-7-11-8-5-6-10(2)9-11;;;/h5-6,8-9H,3-4,7H2,1-2H3;;1H;/q+1;;;. The van der Waals surface area contributed by atoms with Gasteiger partial charge < -0.3 is 0 Å². The topological polar surface area (TPSA) is 20.9 Å². The summed E-state index contributed by atoms with van der Waals surface area (Å²) < 4.78 is 10.4. The van der Waals surface area contributed by atoms with Crippen molar-refractivity contribution in [1.29, 1.82) is 0 Å². The monoisotopic (exact) mass is 229 g/mol. The predicted octanol–water partition coefficient (Wildman–Crippen LogP) is 2.00. The van der Waals surface area contributed by atoms with Crippen molar-refractivity contribution >= 4 is 28.6 Å². The van der Waals surface area contributed by atoms with Crippen LogP contribution in [0.25, 0.3) is 0 Å². The number of hydrogen-bond donors (Lipinski definition) is 0. The summed E-state index contributed by atoms with van der Waals surface area (Å²) in [6.07, 6.45) is 6.85. The van der Waals surface area contributed by atoms with Gasteiger partial charge in [-0.2, -0.15) is 0 Å². The SMILES string of the molecule is CCCC[n+]1cccc(C)c1.Cl.[O]=[Al]. The molecule has 2 nitrogen and oxygen atoms in total. The van der Waals surface area contributed by atoms with Crippen LogP contribution in [0.4, 0.5) is 0 Å². The van der Waals surface area contributed by atoms with Crippen molar-refractivity contribution in [3.8, 4) is 0 Å². The Bertz CT molecular complexity index is 245. The average molecular weight is 230 g/mol. The van der Waals surface area contributed by atoms with Crippen LogP contribution < -0.4 is 4.57 Å². The molecule has 0 aromatic carbocycles. The second kappa shape index (κ2) is 10.9. The van der Waals surface area contributed by atoms with Crippen molar-refractivity contribution in [2.24, 2.45) is 0 Å². The zero-order chi connectivity index (χ0) is 10.1. The van der Waals surface area contributed by atoms with Crippen LogP contribution in [0.2, 0.25) is 0 Å². The Kier molecular flexibility index (Phi) is 12.6. The van der Waals surface area contributed by atoms with Crippen LogP contribution >= 0.6 is 12.4 Å². The summed E-state index contributed by atoms with van der Waals surface area (Å²) in [5, 5.41) is 0. The summed E-state index contributed by atoms with van der Waals surface area (Å²) in [5.41, 5.74) is 1.34. The van der Waals surface area contributed by atoms with Gasteiger partial charge in [-0.25, -0.2) is 4.57 Å². The van der Waals surface area contributed by atoms with Crippen molar-refractivity contribution in [2.75, 3.05) is 0 Å². The Morgan fingerprint density at radius 3 is 2.57 bits per heavy atom. The fourth-order valence-electron chi connectivity index (χ4n) is 1.13. The fourth-order valence-corrected chi connectivity index (χ4v) is 1.13. The molecule has 1 aromatic rings. The van der Waals surface area contributed by atoms with Gasteiger partial charge in [-0.1, -0.05) is 13.3 Å². The van der Waals surface area contributed by atoms with E-state index in [9.17, 15) is 0 Å². The molecule has 0 aliphatic rings. The molecule has 0 aliphatic carbocycles. The maximum atomic E-state index is 8.17. The van der Waals surface area contributed by atoms with Crippen LogP contribution in [0.1, 0.15) is 25.3 Å². The summed E-state index contributed by atoms with van der Waals surface area (Å²) in [6, 6.07) is 4.23. The van der Waals surface area contributed by atoms with Crippen molar-refractivity contribution in [2.45, 2.75) is 33.2 Å². The first kappa shape index (κ1) is 16.2. The Labute approximate surface area is 100 Å². The van der Waals surface area contributed by atoms with E-state index < -0.39 is 0 Å². The molecule has 0 saturated carbocycles. The second-order valence-corrected chi connectivity index (χ2v) is 2.97. The summed E-state index contributed by atoms with van der Waals surface area (Å²) in [7, 11) is 0. The number of aryl methyl sites for hydroxylation is 2. The number of rotatable bonds is 3.